The third-order valence-electron chi connectivity index (χ3n) is 3.07. The summed E-state index contributed by atoms with van der Waals surface area (Å²) in [7, 11) is 0. The Labute approximate surface area is 148 Å². The van der Waals surface area contributed by atoms with Crippen LogP contribution in [0.3, 0.4) is 0 Å². The minimum atomic E-state index is -1.03. The molecule has 11 heteroatoms. The molecule has 11 nitrogen and oxygen atoms in total. The molecule has 1 aromatic rings. The number of hydrogen-bond acceptors (Lipinski definition) is 7. The highest BCUT2D eigenvalue weighted by Gasteiger charge is 2.14. The molecule has 0 unspecified atom stereocenters. The molecule has 26 heavy (non-hydrogen) atoms. The summed E-state index contributed by atoms with van der Waals surface area (Å²) in [5.41, 5.74) is 2.98. The van der Waals surface area contributed by atoms with Crippen molar-refractivity contribution in [3.8, 4) is 0 Å². The maximum absolute atomic E-state index is 12.0. The first-order valence-electron chi connectivity index (χ1n) is 7.51. The number of anilines is 1. The van der Waals surface area contributed by atoms with Crippen LogP contribution in [0.5, 0.6) is 0 Å². The molecule has 0 radical (unpaired) electrons. The Balaban J connectivity index is 2.62. The van der Waals surface area contributed by atoms with Gasteiger partial charge in [-0.1, -0.05) is 6.07 Å². The van der Waals surface area contributed by atoms with Crippen LogP contribution in [-0.4, -0.2) is 46.6 Å². The largest absolute Gasteiger partial charge is 0.395 e. The lowest BCUT2D eigenvalue weighted by atomic mass is 10.1. The van der Waals surface area contributed by atoms with Crippen molar-refractivity contribution >= 4 is 34.8 Å². The smallest absolute Gasteiger partial charge is 0.329 e. The molecule has 0 aliphatic carbocycles. The third-order valence-corrected chi connectivity index (χ3v) is 3.07. The van der Waals surface area contributed by atoms with Crippen LogP contribution in [0.15, 0.2) is 23.3 Å². The lowest BCUT2D eigenvalue weighted by molar-refractivity contribution is -0.384. The Morgan fingerprint density at radius 1 is 1.27 bits per heavy atom. The molecular weight excluding hydrogens is 346 g/mol. The zero-order valence-corrected chi connectivity index (χ0v) is 14.2. The van der Waals surface area contributed by atoms with Gasteiger partial charge in [0, 0.05) is 24.4 Å². The second-order valence-corrected chi connectivity index (χ2v) is 5.25. The molecule has 0 bridgehead atoms. The molecule has 0 spiro atoms. The van der Waals surface area contributed by atoms with Crippen LogP contribution in [0.25, 0.3) is 0 Å². The van der Waals surface area contributed by atoms with Crippen molar-refractivity contribution in [2.24, 2.45) is 5.10 Å². The Morgan fingerprint density at radius 2 is 1.96 bits per heavy atom. The number of carbonyl (C=O) groups is 3. The molecule has 0 atom stereocenters. The number of rotatable bonds is 7. The first kappa shape index (κ1) is 20.7. The van der Waals surface area contributed by atoms with E-state index in [9.17, 15) is 24.5 Å². The number of nitro groups is 1. The minimum absolute atomic E-state index is 0.0695. The predicted molar refractivity (Wildman–Crippen MR) is 92.4 cm³/mol. The van der Waals surface area contributed by atoms with Gasteiger partial charge in [-0.15, -0.1) is 0 Å². The van der Waals surface area contributed by atoms with Gasteiger partial charge in [0.15, 0.2) is 0 Å². The van der Waals surface area contributed by atoms with Crippen molar-refractivity contribution in [2.75, 3.05) is 18.5 Å². The Kier molecular flexibility index (Phi) is 7.83. The van der Waals surface area contributed by atoms with Crippen molar-refractivity contribution in [3.63, 3.8) is 0 Å². The van der Waals surface area contributed by atoms with Gasteiger partial charge in [-0.3, -0.25) is 24.5 Å². The number of aliphatic hydroxyl groups is 1. The Morgan fingerprint density at radius 3 is 2.58 bits per heavy atom. The first-order chi connectivity index (χ1) is 12.2. The number of hydrazone groups is 1. The van der Waals surface area contributed by atoms with Crippen LogP contribution >= 0.6 is 0 Å². The molecular formula is C15H19N5O6. The number of nitrogens with one attached hydrogen (secondary N) is 3. The Hall–Kier alpha value is -3.34. The first-order valence-corrected chi connectivity index (χ1v) is 7.51. The molecule has 1 aromatic carbocycles. The second-order valence-electron chi connectivity index (χ2n) is 5.25. The van der Waals surface area contributed by atoms with E-state index in [1.54, 1.807) is 6.92 Å². The zero-order chi connectivity index (χ0) is 19.7. The summed E-state index contributed by atoms with van der Waals surface area (Å²) in [5.74, 6) is -2.49. The molecule has 140 valence electrons. The molecule has 0 aliphatic heterocycles. The molecule has 0 aromatic heterocycles. The van der Waals surface area contributed by atoms with Crippen LogP contribution < -0.4 is 16.1 Å². The maximum atomic E-state index is 12.0. The van der Waals surface area contributed by atoms with Crippen molar-refractivity contribution in [2.45, 2.75) is 20.3 Å². The van der Waals surface area contributed by atoms with Crippen LogP contribution in [0, 0.1) is 17.0 Å². The summed E-state index contributed by atoms with van der Waals surface area (Å²) in [5, 5.41) is 27.6. The van der Waals surface area contributed by atoms with Gasteiger partial charge < -0.3 is 15.7 Å². The van der Waals surface area contributed by atoms with Crippen LogP contribution in [0.4, 0.5) is 11.4 Å². The molecule has 0 saturated carbocycles. The number of nitro benzene ring substituents is 1. The number of non-ortho nitro benzene ring substituents is 1. The number of benzene rings is 1. The zero-order valence-electron chi connectivity index (χ0n) is 14.2. The van der Waals surface area contributed by atoms with Gasteiger partial charge in [0.1, 0.15) is 0 Å². The van der Waals surface area contributed by atoms with Gasteiger partial charge in [-0.05, 0) is 19.4 Å². The van der Waals surface area contributed by atoms with E-state index in [2.05, 4.69) is 15.7 Å². The summed E-state index contributed by atoms with van der Waals surface area (Å²) >= 11 is 0. The van der Waals surface area contributed by atoms with E-state index in [4.69, 9.17) is 5.11 Å². The summed E-state index contributed by atoms with van der Waals surface area (Å²) in [4.78, 5) is 44.9. The standard InChI is InChI=1S/C15H19N5O6/c1-9-3-4-11(20(25)26)8-12(9)17-13(22)7-10(2)18-19-15(24)14(23)16-5-6-21/h3-4,8,21H,5-7H2,1-2H3,(H,16,23)(H,17,22)(H,19,24). The van der Waals surface area contributed by atoms with Gasteiger partial charge in [0.2, 0.25) is 5.91 Å². The van der Waals surface area contributed by atoms with E-state index in [-0.39, 0.29) is 31.0 Å². The number of aliphatic hydroxyl groups excluding tert-OH is 1. The highest BCUT2D eigenvalue weighted by atomic mass is 16.6. The fourth-order valence-corrected chi connectivity index (χ4v) is 1.77. The highest BCUT2D eigenvalue weighted by molar-refractivity contribution is 6.35. The topological polar surface area (TPSA) is 163 Å². The van der Waals surface area contributed by atoms with Gasteiger partial charge >= 0.3 is 11.8 Å². The van der Waals surface area contributed by atoms with Gasteiger partial charge in [0.05, 0.1) is 23.6 Å². The van der Waals surface area contributed by atoms with Crippen LogP contribution in [-0.2, 0) is 14.4 Å². The summed E-state index contributed by atoms with van der Waals surface area (Å²) in [6, 6.07) is 4.09. The molecule has 3 amide bonds. The van der Waals surface area contributed by atoms with E-state index >= 15 is 0 Å². The molecule has 0 aliphatic rings. The number of aryl methyl sites for hydroxylation is 1. The SMILES string of the molecule is CC(CC(=O)Nc1cc([N+](=O)[O-])ccc1C)=NNC(=O)C(=O)NCCO. The fourth-order valence-electron chi connectivity index (χ4n) is 1.77. The van der Waals surface area contributed by atoms with Crippen molar-refractivity contribution in [3.05, 3.63) is 33.9 Å². The number of carbonyl (C=O) groups excluding carboxylic acids is 3. The van der Waals surface area contributed by atoms with Crippen molar-refractivity contribution in [1.29, 1.82) is 0 Å². The summed E-state index contributed by atoms with van der Waals surface area (Å²) in [6.45, 7) is 2.77. The molecule has 4 N–H and O–H groups in total. The van der Waals surface area contributed by atoms with E-state index in [1.807, 2.05) is 5.43 Å². The normalized spacial score (nSPS) is 10.8. The van der Waals surface area contributed by atoms with Gasteiger partial charge in [0.25, 0.3) is 5.69 Å². The number of nitrogens with zero attached hydrogens (tertiary/aromatic N) is 2. The fraction of sp³-hybridized carbons (Fsp3) is 0.333. The number of amides is 3. The maximum Gasteiger partial charge on any atom is 0.329 e. The van der Waals surface area contributed by atoms with Crippen LogP contribution in [0.1, 0.15) is 18.9 Å². The van der Waals surface area contributed by atoms with Crippen LogP contribution in [0.2, 0.25) is 0 Å². The second kappa shape index (κ2) is 9.84. The van der Waals surface area contributed by atoms with Gasteiger partial charge in [-0.25, -0.2) is 5.43 Å². The van der Waals surface area contributed by atoms with E-state index in [0.717, 1.165) is 0 Å². The summed E-state index contributed by atoms with van der Waals surface area (Å²) in [6.07, 6.45) is -0.194. The lowest BCUT2D eigenvalue weighted by Crippen LogP contribution is -2.39. The van der Waals surface area contributed by atoms with Crippen molar-refractivity contribution in [1.82, 2.24) is 10.7 Å². The average Bonchev–Trinajstić information content (AvgIpc) is 2.59. The van der Waals surface area contributed by atoms with Gasteiger partial charge in [-0.2, -0.15) is 5.10 Å². The van der Waals surface area contributed by atoms with E-state index in [1.165, 1.54) is 25.1 Å². The lowest BCUT2D eigenvalue weighted by Gasteiger charge is -2.08. The van der Waals surface area contributed by atoms with E-state index in [0.29, 0.717) is 11.3 Å². The predicted octanol–water partition coefficient (Wildman–Crippen LogP) is -0.168. The number of hydrogen-bond donors (Lipinski definition) is 4. The monoisotopic (exact) mass is 365 g/mol. The molecule has 0 saturated heterocycles. The quantitative estimate of drug-likeness (QED) is 0.227. The highest BCUT2D eigenvalue weighted by Crippen LogP contribution is 2.21. The average molecular weight is 365 g/mol. The summed E-state index contributed by atoms with van der Waals surface area (Å²) < 4.78 is 0. The van der Waals surface area contributed by atoms with Crippen molar-refractivity contribution < 1.29 is 24.4 Å². The molecule has 0 fully saturated rings. The minimum Gasteiger partial charge on any atom is -0.395 e. The Bertz CT molecular complexity index is 746. The van der Waals surface area contributed by atoms with E-state index < -0.39 is 22.6 Å². The molecule has 1 rings (SSSR count). The third kappa shape index (κ3) is 6.65. The molecule has 0 heterocycles.